The molecule has 0 N–H and O–H groups in total. The zero-order chi connectivity index (χ0) is 13.1. The van der Waals surface area contributed by atoms with E-state index < -0.39 is 16.2 Å². The number of aryl methyl sites for hydroxylation is 1. The highest BCUT2D eigenvalue weighted by Gasteiger charge is 2.24. The molecule has 0 fully saturated rings. The number of Topliss-reactive ketones (excluding diaryl/α,β-unsaturated/α-hetero) is 1. The lowest BCUT2D eigenvalue weighted by Gasteiger charge is -2.14. The molecule has 4 nitrogen and oxygen atoms in total. The Morgan fingerprint density at radius 1 is 1.35 bits per heavy atom. The fourth-order valence-electron chi connectivity index (χ4n) is 1.53. The molecule has 0 saturated carbocycles. The topological polar surface area (TPSA) is 60.4 Å². The van der Waals surface area contributed by atoms with Crippen molar-refractivity contribution < 1.29 is 17.4 Å². The molecule has 0 radical (unpaired) electrons. The van der Waals surface area contributed by atoms with Crippen LogP contribution in [-0.2, 0) is 14.3 Å². The predicted molar refractivity (Wildman–Crippen MR) is 65.5 cm³/mol. The van der Waals surface area contributed by atoms with Crippen LogP contribution in [0.15, 0.2) is 24.3 Å². The molecule has 0 bridgehead atoms. The molecule has 1 atom stereocenters. The Kier molecular flexibility index (Phi) is 4.42. The van der Waals surface area contributed by atoms with Crippen LogP contribution >= 0.6 is 0 Å². The third-order valence-electron chi connectivity index (χ3n) is 2.36. The zero-order valence-electron chi connectivity index (χ0n) is 10.1. The molecule has 0 aromatic heterocycles. The monoisotopic (exact) mass is 256 g/mol. The van der Waals surface area contributed by atoms with Gasteiger partial charge >= 0.3 is 0 Å². The van der Waals surface area contributed by atoms with Gasteiger partial charge < -0.3 is 0 Å². The molecular weight excluding hydrogens is 240 g/mol. The molecule has 0 saturated heterocycles. The number of benzene rings is 1. The second-order valence-electron chi connectivity index (χ2n) is 3.88. The molecule has 17 heavy (non-hydrogen) atoms. The minimum Gasteiger partial charge on any atom is -0.291 e. The lowest BCUT2D eigenvalue weighted by Crippen LogP contribution is -2.26. The molecular formula is C12H16O4S. The van der Waals surface area contributed by atoms with E-state index in [0.29, 0.717) is 12.0 Å². The quantitative estimate of drug-likeness (QED) is 0.596. The molecule has 94 valence electrons. The zero-order valence-corrected chi connectivity index (χ0v) is 11.0. The maximum Gasteiger partial charge on any atom is 0.265 e. The Morgan fingerprint density at radius 3 is 2.41 bits per heavy atom. The molecule has 0 aliphatic heterocycles. The predicted octanol–water partition coefficient (Wildman–Crippen LogP) is 1.93. The van der Waals surface area contributed by atoms with Crippen LogP contribution in [0.25, 0.3) is 0 Å². The fourth-order valence-corrected chi connectivity index (χ4v) is 2.18. The van der Waals surface area contributed by atoms with E-state index in [-0.39, 0.29) is 5.78 Å². The van der Waals surface area contributed by atoms with Crippen LogP contribution < -0.4 is 0 Å². The highest BCUT2D eigenvalue weighted by molar-refractivity contribution is 7.86. The first kappa shape index (κ1) is 13.9. The molecule has 0 heterocycles. The van der Waals surface area contributed by atoms with Gasteiger partial charge in [0.05, 0.1) is 6.26 Å². The third-order valence-corrected chi connectivity index (χ3v) is 2.95. The summed E-state index contributed by atoms with van der Waals surface area (Å²) in [6.45, 7) is 3.52. The van der Waals surface area contributed by atoms with Crippen molar-refractivity contribution in [1.82, 2.24) is 0 Å². The van der Waals surface area contributed by atoms with Gasteiger partial charge in [0.25, 0.3) is 10.1 Å². The lowest BCUT2D eigenvalue weighted by molar-refractivity contribution is 0.0797. The number of carbonyl (C=O) groups excluding carboxylic acids is 1. The first-order valence-electron chi connectivity index (χ1n) is 5.33. The summed E-state index contributed by atoms with van der Waals surface area (Å²) in [5.41, 5.74) is 1.32. The van der Waals surface area contributed by atoms with Gasteiger partial charge in [0, 0.05) is 5.56 Å². The van der Waals surface area contributed by atoms with Crippen LogP contribution in [0.3, 0.4) is 0 Å². The smallest absolute Gasteiger partial charge is 0.265 e. The maximum atomic E-state index is 12.1. The van der Waals surface area contributed by atoms with Gasteiger partial charge in [-0.1, -0.05) is 31.2 Å². The van der Waals surface area contributed by atoms with E-state index in [2.05, 4.69) is 0 Å². The second-order valence-corrected chi connectivity index (χ2v) is 5.48. The van der Waals surface area contributed by atoms with Crippen LogP contribution in [0.1, 0.15) is 29.3 Å². The van der Waals surface area contributed by atoms with Crippen LogP contribution in [-0.4, -0.2) is 26.6 Å². The SMILES string of the molecule is CCC(OS(C)(=O)=O)C(=O)c1ccccc1C. The largest absolute Gasteiger partial charge is 0.291 e. The molecule has 0 amide bonds. The van der Waals surface area contributed by atoms with Crippen molar-refractivity contribution in [2.45, 2.75) is 26.4 Å². The van der Waals surface area contributed by atoms with E-state index in [4.69, 9.17) is 4.18 Å². The van der Waals surface area contributed by atoms with Crippen LogP contribution in [0.4, 0.5) is 0 Å². The van der Waals surface area contributed by atoms with Crippen molar-refractivity contribution in [2.24, 2.45) is 0 Å². The first-order valence-corrected chi connectivity index (χ1v) is 7.15. The minimum absolute atomic E-state index is 0.295. The number of hydrogen-bond acceptors (Lipinski definition) is 4. The van der Waals surface area contributed by atoms with Gasteiger partial charge in [-0.15, -0.1) is 0 Å². The maximum absolute atomic E-state index is 12.1. The van der Waals surface area contributed by atoms with Gasteiger partial charge in [0.15, 0.2) is 5.78 Å². The summed E-state index contributed by atoms with van der Waals surface area (Å²) >= 11 is 0. The molecule has 1 unspecified atom stereocenters. The van der Waals surface area contributed by atoms with Crippen LogP contribution in [0.2, 0.25) is 0 Å². The molecule has 1 rings (SSSR count). The van der Waals surface area contributed by atoms with E-state index in [0.717, 1.165) is 11.8 Å². The Morgan fingerprint density at radius 2 is 1.94 bits per heavy atom. The van der Waals surface area contributed by atoms with Crippen molar-refractivity contribution >= 4 is 15.9 Å². The Balaban J connectivity index is 2.99. The van der Waals surface area contributed by atoms with Crippen molar-refractivity contribution in [3.8, 4) is 0 Å². The molecule has 0 aliphatic rings. The van der Waals surface area contributed by atoms with Crippen molar-refractivity contribution in [1.29, 1.82) is 0 Å². The van der Waals surface area contributed by atoms with Gasteiger partial charge in [-0.05, 0) is 18.9 Å². The summed E-state index contributed by atoms with van der Waals surface area (Å²) in [6.07, 6.45) is 0.326. The summed E-state index contributed by atoms with van der Waals surface area (Å²) in [5.74, 6) is -0.295. The Bertz CT molecular complexity index is 505. The highest BCUT2D eigenvalue weighted by atomic mass is 32.2. The lowest BCUT2D eigenvalue weighted by atomic mass is 10.0. The number of ketones is 1. The van der Waals surface area contributed by atoms with E-state index in [9.17, 15) is 13.2 Å². The summed E-state index contributed by atoms with van der Waals surface area (Å²) in [4.78, 5) is 12.1. The minimum atomic E-state index is -3.62. The van der Waals surface area contributed by atoms with Crippen LogP contribution in [0, 0.1) is 6.92 Å². The number of carbonyl (C=O) groups is 1. The molecule has 0 spiro atoms. The van der Waals surface area contributed by atoms with Gasteiger partial charge in [-0.25, -0.2) is 0 Å². The molecule has 0 aliphatic carbocycles. The van der Waals surface area contributed by atoms with E-state index in [1.807, 2.05) is 6.07 Å². The number of hydrogen-bond donors (Lipinski definition) is 0. The highest BCUT2D eigenvalue weighted by Crippen LogP contribution is 2.14. The third kappa shape index (κ3) is 3.94. The molecule has 1 aromatic rings. The summed E-state index contributed by atoms with van der Waals surface area (Å²) in [7, 11) is -3.62. The standard InChI is InChI=1S/C12H16O4S/c1-4-11(16-17(3,14)15)12(13)10-8-6-5-7-9(10)2/h5-8,11H,4H2,1-3H3. The van der Waals surface area contributed by atoms with Crippen LogP contribution in [0.5, 0.6) is 0 Å². The van der Waals surface area contributed by atoms with Crippen molar-refractivity contribution in [3.05, 3.63) is 35.4 Å². The van der Waals surface area contributed by atoms with E-state index in [1.165, 1.54) is 0 Å². The molecule has 1 aromatic carbocycles. The Hall–Kier alpha value is -1.20. The van der Waals surface area contributed by atoms with E-state index >= 15 is 0 Å². The van der Waals surface area contributed by atoms with E-state index in [1.54, 1.807) is 32.0 Å². The first-order chi connectivity index (χ1) is 7.85. The van der Waals surface area contributed by atoms with Gasteiger partial charge in [0.1, 0.15) is 6.10 Å². The summed E-state index contributed by atoms with van der Waals surface area (Å²) in [6, 6.07) is 7.05. The van der Waals surface area contributed by atoms with Gasteiger partial charge in [-0.2, -0.15) is 8.42 Å². The summed E-state index contributed by atoms with van der Waals surface area (Å²) < 4.78 is 26.9. The summed E-state index contributed by atoms with van der Waals surface area (Å²) in [5, 5.41) is 0. The normalized spacial score (nSPS) is 13.4. The fraction of sp³-hybridized carbons (Fsp3) is 0.417. The average molecular weight is 256 g/mol. The van der Waals surface area contributed by atoms with Gasteiger partial charge in [0.2, 0.25) is 0 Å². The Labute approximate surface area is 102 Å². The van der Waals surface area contributed by atoms with Gasteiger partial charge in [-0.3, -0.25) is 8.98 Å². The van der Waals surface area contributed by atoms with Crippen molar-refractivity contribution in [3.63, 3.8) is 0 Å². The second kappa shape index (κ2) is 5.42. The molecule has 5 heteroatoms. The average Bonchev–Trinajstić information content (AvgIpc) is 2.24. The van der Waals surface area contributed by atoms with Crippen molar-refractivity contribution in [2.75, 3.05) is 6.26 Å². The number of rotatable bonds is 5.